The Balaban J connectivity index is 1.75. The zero-order valence-electron chi connectivity index (χ0n) is 15.4. The van der Waals surface area contributed by atoms with Gasteiger partial charge < -0.3 is 4.42 Å². The summed E-state index contributed by atoms with van der Waals surface area (Å²) in [5.74, 6) is 0.0698. The first-order valence-corrected chi connectivity index (χ1v) is 10.8. The summed E-state index contributed by atoms with van der Waals surface area (Å²) in [6.07, 6.45) is 3.99. The molecule has 1 N–H and O–H groups in total. The van der Waals surface area contributed by atoms with Crippen LogP contribution in [0.1, 0.15) is 21.7 Å². The third-order valence-electron chi connectivity index (χ3n) is 3.99. The number of furan rings is 1. The highest BCUT2D eigenvalue weighted by atomic mass is 35.5. The summed E-state index contributed by atoms with van der Waals surface area (Å²) in [6.45, 7) is 0.0808. The van der Waals surface area contributed by atoms with Crippen molar-refractivity contribution in [1.29, 1.82) is 0 Å². The Kier molecular flexibility index (Phi) is 6.36. The normalized spacial score (nSPS) is 11.5. The summed E-state index contributed by atoms with van der Waals surface area (Å²) in [7, 11) is -3.57. The summed E-state index contributed by atoms with van der Waals surface area (Å²) in [5, 5.41) is 4.29. The zero-order valence-corrected chi connectivity index (χ0v) is 17.0. The molecule has 3 aromatic rings. The van der Waals surface area contributed by atoms with Crippen LogP contribution in [0.4, 0.5) is 5.69 Å². The molecule has 1 aromatic heterocycles. The lowest BCUT2D eigenvalue weighted by Crippen LogP contribution is -2.29. The number of hydrogen-bond acceptors (Lipinski definition) is 5. The van der Waals surface area contributed by atoms with Crippen molar-refractivity contribution in [2.75, 3.05) is 10.6 Å². The maximum Gasteiger partial charge on any atom is 0.271 e. The van der Waals surface area contributed by atoms with E-state index in [4.69, 9.17) is 16.0 Å². The van der Waals surface area contributed by atoms with Gasteiger partial charge in [-0.15, -0.1) is 0 Å². The van der Waals surface area contributed by atoms with E-state index in [0.717, 1.165) is 6.26 Å². The first-order valence-electron chi connectivity index (χ1n) is 8.53. The number of rotatable bonds is 7. The van der Waals surface area contributed by atoms with E-state index in [1.807, 2.05) is 0 Å². The molecule has 0 aliphatic carbocycles. The van der Waals surface area contributed by atoms with Crippen LogP contribution in [-0.2, 0) is 16.6 Å². The van der Waals surface area contributed by atoms with Crippen LogP contribution in [0.15, 0.2) is 76.4 Å². The van der Waals surface area contributed by atoms with Gasteiger partial charge in [0, 0.05) is 10.6 Å². The van der Waals surface area contributed by atoms with Gasteiger partial charge >= 0.3 is 0 Å². The number of carbonyl (C=O) groups is 1. The molecular weight excluding hydrogens is 414 g/mol. The summed E-state index contributed by atoms with van der Waals surface area (Å²) < 4.78 is 30.9. The molecule has 1 amide bonds. The van der Waals surface area contributed by atoms with Crippen molar-refractivity contribution in [3.05, 3.63) is 88.8 Å². The van der Waals surface area contributed by atoms with Crippen molar-refractivity contribution < 1.29 is 17.6 Å². The molecule has 0 saturated carbocycles. The van der Waals surface area contributed by atoms with Crippen molar-refractivity contribution in [2.45, 2.75) is 6.54 Å². The molecular formula is C20H18ClN3O4S. The van der Waals surface area contributed by atoms with E-state index in [1.165, 1.54) is 28.9 Å². The first kappa shape index (κ1) is 20.6. The van der Waals surface area contributed by atoms with Gasteiger partial charge in [-0.25, -0.2) is 13.8 Å². The number of hydrogen-bond donors (Lipinski definition) is 1. The summed E-state index contributed by atoms with van der Waals surface area (Å²) in [5.41, 5.74) is 3.81. The second kappa shape index (κ2) is 8.93. The van der Waals surface area contributed by atoms with Gasteiger partial charge in [-0.3, -0.25) is 9.10 Å². The third kappa shape index (κ3) is 5.46. The van der Waals surface area contributed by atoms with Crippen LogP contribution in [-0.4, -0.2) is 26.8 Å². The average molecular weight is 432 g/mol. The molecule has 1 heterocycles. The van der Waals surface area contributed by atoms with Crippen LogP contribution >= 0.6 is 11.6 Å². The standard InChI is InChI=1S/C20H18ClN3O4S/c1-29(26,27)24(14-16-5-2-3-7-19(16)21)17-10-8-15(9-11-17)20(25)23-22-13-18-6-4-12-28-18/h2-13H,14H2,1H3,(H,23,25)/b22-13-. The van der Waals surface area contributed by atoms with E-state index in [0.29, 0.717) is 27.6 Å². The minimum atomic E-state index is -3.57. The highest BCUT2D eigenvalue weighted by Crippen LogP contribution is 2.24. The lowest BCUT2D eigenvalue weighted by Gasteiger charge is -2.23. The van der Waals surface area contributed by atoms with Gasteiger partial charge in [0.15, 0.2) is 0 Å². The Bertz CT molecular complexity index is 1110. The van der Waals surface area contributed by atoms with Gasteiger partial charge in [-0.05, 0) is 48.0 Å². The van der Waals surface area contributed by atoms with Crippen molar-refractivity contribution in [1.82, 2.24) is 5.43 Å². The molecule has 9 heteroatoms. The summed E-state index contributed by atoms with van der Waals surface area (Å²) in [4.78, 5) is 12.2. The Labute approximate surface area is 173 Å². The van der Waals surface area contributed by atoms with E-state index in [9.17, 15) is 13.2 Å². The predicted octanol–water partition coefficient (Wildman–Crippen LogP) is 3.66. The van der Waals surface area contributed by atoms with Gasteiger partial charge in [-0.1, -0.05) is 29.8 Å². The smallest absolute Gasteiger partial charge is 0.271 e. The molecule has 0 spiro atoms. The lowest BCUT2D eigenvalue weighted by molar-refractivity contribution is 0.0955. The number of sulfonamides is 1. The van der Waals surface area contributed by atoms with E-state index < -0.39 is 15.9 Å². The summed E-state index contributed by atoms with van der Waals surface area (Å²) in [6, 6.07) is 16.6. The molecule has 0 radical (unpaired) electrons. The molecule has 0 bridgehead atoms. The number of nitrogens with one attached hydrogen (secondary N) is 1. The molecule has 7 nitrogen and oxygen atoms in total. The number of nitrogens with zero attached hydrogens (tertiary/aromatic N) is 2. The number of benzene rings is 2. The van der Waals surface area contributed by atoms with Gasteiger partial charge in [0.1, 0.15) is 5.76 Å². The van der Waals surface area contributed by atoms with Gasteiger partial charge in [0.05, 0.1) is 31.0 Å². The second-order valence-electron chi connectivity index (χ2n) is 6.12. The fraction of sp³-hybridized carbons (Fsp3) is 0.100. The van der Waals surface area contributed by atoms with E-state index in [2.05, 4.69) is 10.5 Å². The van der Waals surface area contributed by atoms with E-state index in [-0.39, 0.29) is 6.54 Å². The van der Waals surface area contributed by atoms with Crippen molar-refractivity contribution in [3.8, 4) is 0 Å². The fourth-order valence-corrected chi connectivity index (χ4v) is 3.62. The topological polar surface area (TPSA) is 92.0 Å². The largest absolute Gasteiger partial charge is 0.463 e. The molecule has 0 atom stereocenters. The van der Waals surface area contributed by atoms with Crippen molar-refractivity contribution in [3.63, 3.8) is 0 Å². The van der Waals surface area contributed by atoms with Gasteiger partial charge in [0.2, 0.25) is 10.0 Å². The highest BCUT2D eigenvalue weighted by molar-refractivity contribution is 7.92. The quantitative estimate of drug-likeness (QED) is 0.456. The minimum Gasteiger partial charge on any atom is -0.463 e. The maximum atomic E-state index is 12.3. The number of halogens is 1. The van der Waals surface area contributed by atoms with Gasteiger partial charge in [0.25, 0.3) is 5.91 Å². The van der Waals surface area contributed by atoms with Crippen LogP contribution in [0.25, 0.3) is 0 Å². The zero-order chi connectivity index (χ0) is 20.9. The Morgan fingerprint density at radius 2 is 1.86 bits per heavy atom. The van der Waals surface area contributed by atoms with E-state index in [1.54, 1.807) is 48.5 Å². The van der Waals surface area contributed by atoms with Crippen LogP contribution in [0.5, 0.6) is 0 Å². The molecule has 3 rings (SSSR count). The van der Waals surface area contributed by atoms with Crippen LogP contribution < -0.4 is 9.73 Å². The Morgan fingerprint density at radius 3 is 2.48 bits per heavy atom. The van der Waals surface area contributed by atoms with Crippen LogP contribution in [0.2, 0.25) is 5.02 Å². The van der Waals surface area contributed by atoms with Crippen molar-refractivity contribution in [2.24, 2.45) is 5.10 Å². The molecule has 0 saturated heterocycles. The SMILES string of the molecule is CS(=O)(=O)N(Cc1ccccc1Cl)c1ccc(C(=O)N/N=C\c2ccco2)cc1. The predicted molar refractivity (Wildman–Crippen MR) is 113 cm³/mol. The van der Waals surface area contributed by atoms with Crippen LogP contribution in [0, 0.1) is 0 Å². The maximum absolute atomic E-state index is 12.3. The molecule has 0 aliphatic heterocycles. The number of carbonyl (C=O) groups excluding carboxylic acids is 1. The van der Waals surface area contributed by atoms with E-state index >= 15 is 0 Å². The highest BCUT2D eigenvalue weighted by Gasteiger charge is 2.19. The monoisotopic (exact) mass is 431 g/mol. The molecule has 29 heavy (non-hydrogen) atoms. The lowest BCUT2D eigenvalue weighted by atomic mass is 10.2. The Morgan fingerprint density at radius 1 is 1.14 bits per heavy atom. The van der Waals surface area contributed by atoms with Crippen LogP contribution in [0.3, 0.4) is 0 Å². The number of hydrazone groups is 1. The third-order valence-corrected chi connectivity index (χ3v) is 5.50. The molecule has 150 valence electrons. The molecule has 0 fully saturated rings. The molecule has 2 aromatic carbocycles. The van der Waals surface area contributed by atoms with Crippen molar-refractivity contribution >= 4 is 39.4 Å². The second-order valence-corrected chi connectivity index (χ2v) is 8.44. The molecule has 0 unspecified atom stereocenters. The molecule has 0 aliphatic rings. The number of anilines is 1. The first-order chi connectivity index (χ1) is 13.8. The Hall–Kier alpha value is -3.10. The fourth-order valence-electron chi connectivity index (χ4n) is 2.54. The average Bonchev–Trinajstić information content (AvgIpc) is 3.20. The summed E-state index contributed by atoms with van der Waals surface area (Å²) >= 11 is 6.16. The number of amides is 1. The minimum absolute atomic E-state index is 0.0808. The van der Waals surface area contributed by atoms with Gasteiger partial charge in [-0.2, -0.15) is 5.10 Å².